The Hall–Kier alpha value is -1.58. The summed E-state index contributed by atoms with van der Waals surface area (Å²) in [5, 5.41) is 14.3. The number of hydrogen-bond donors (Lipinski definition) is 2. The van der Waals surface area contributed by atoms with Crippen molar-refractivity contribution in [1.82, 2.24) is 0 Å². The zero-order chi connectivity index (χ0) is 16.7. The van der Waals surface area contributed by atoms with Crippen LogP contribution in [0.25, 0.3) is 0 Å². The van der Waals surface area contributed by atoms with E-state index in [1.807, 2.05) is 30.3 Å². The molecular formula is C19H24ClNO2. The fraction of sp³-hybridized carbons (Fsp3) is 0.421. The fourth-order valence-corrected chi connectivity index (χ4v) is 2.99. The maximum atomic E-state index is 12.6. The number of anilines is 1. The molecule has 1 aliphatic rings. The van der Waals surface area contributed by atoms with Crippen molar-refractivity contribution in [2.45, 2.75) is 44.6 Å². The van der Waals surface area contributed by atoms with Gasteiger partial charge in [-0.3, -0.25) is 4.79 Å². The lowest BCUT2D eigenvalue weighted by atomic mass is 9.79. The monoisotopic (exact) mass is 333 g/mol. The zero-order valence-electron chi connectivity index (χ0n) is 13.5. The number of halogens is 1. The summed E-state index contributed by atoms with van der Waals surface area (Å²) in [7, 11) is 0. The van der Waals surface area contributed by atoms with Crippen LogP contribution in [-0.2, 0) is 4.79 Å². The van der Waals surface area contributed by atoms with Crippen LogP contribution in [0.2, 0.25) is 0 Å². The molecule has 23 heavy (non-hydrogen) atoms. The number of allylic oxidation sites excluding steroid dienone is 2. The molecule has 2 unspecified atom stereocenters. The van der Waals surface area contributed by atoms with Crippen LogP contribution in [0.1, 0.15) is 39.0 Å². The van der Waals surface area contributed by atoms with E-state index in [9.17, 15) is 9.90 Å². The first-order valence-corrected chi connectivity index (χ1v) is 8.58. The minimum absolute atomic E-state index is 0.239. The highest BCUT2D eigenvalue weighted by atomic mass is 35.5. The number of hydrogen-bond acceptors (Lipinski definition) is 2. The van der Waals surface area contributed by atoms with E-state index in [0.29, 0.717) is 17.1 Å². The van der Waals surface area contributed by atoms with E-state index in [2.05, 4.69) is 12.2 Å². The molecule has 0 saturated carbocycles. The number of aliphatic hydroxyl groups is 1. The van der Waals surface area contributed by atoms with E-state index in [-0.39, 0.29) is 5.91 Å². The van der Waals surface area contributed by atoms with Crippen LogP contribution in [0.15, 0.2) is 53.6 Å². The summed E-state index contributed by atoms with van der Waals surface area (Å²) in [4.78, 5) is 12.6. The maximum absolute atomic E-state index is 12.6. The molecule has 0 heterocycles. The molecular weight excluding hydrogens is 310 g/mol. The molecule has 1 aliphatic carbocycles. The fourth-order valence-electron chi connectivity index (χ4n) is 2.80. The highest BCUT2D eigenvalue weighted by molar-refractivity contribution is 6.31. The predicted octanol–water partition coefficient (Wildman–Crippen LogP) is 4.64. The molecule has 0 saturated heterocycles. The summed E-state index contributed by atoms with van der Waals surface area (Å²) >= 11 is 6.05. The second kappa shape index (κ2) is 8.32. The summed E-state index contributed by atoms with van der Waals surface area (Å²) in [5.74, 6) is -0.918. The number of nitrogens with one attached hydrogen (secondary N) is 1. The largest absolute Gasteiger partial charge is 0.385 e. The minimum atomic E-state index is -1.18. The smallest absolute Gasteiger partial charge is 0.234 e. The quantitative estimate of drug-likeness (QED) is 0.714. The van der Waals surface area contributed by atoms with Gasteiger partial charge in [-0.05, 0) is 24.6 Å². The summed E-state index contributed by atoms with van der Waals surface area (Å²) in [6.07, 6.45) is 9.74. The van der Waals surface area contributed by atoms with E-state index < -0.39 is 11.5 Å². The van der Waals surface area contributed by atoms with E-state index in [4.69, 9.17) is 11.6 Å². The summed E-state index contributed by atoms with van der Waals surface area (Å²) in [6.45, 7) is 2.15. The van der Waals surface area contributed by atoms with Gasteiger partial charge in [0.1, 0.15) is 0 Å². The number of benzene rings is 1. The Morgan fingerprint density at radius 3 is 2.70 bits per heavy atom. The van der Waals surface area contributed by atoms with E-state index in [1.165, 1.54) is 0 Å². The Labute approximate surface area is 143 Å². The van der Waals surface area contributed by atoms with Crippen molar-refractivity contribution in [3.8, 4) is 0 Å². The standard InChI is InChI=1S/C19H24ClNO2/c1-2-3-4-8-12-19(23)13-11-15(20)14-17(19)18(22)21-16-9-6-5-7-10-16/h5-7,9-11,13-14,17,23H,2-4,8,12H2,1H3,(H,21,22). The average Bonchev–Trinajstić information content (AvgIpc) is 2.55. The first kappa shape index (κ1) is 17.8. The van der Waals surface area contributed by atoms with Crippen molar-refractivity contribution < 1.29 is 9.90 Å². The summed E-state index contributed by atoms with van der Waals surface area (Å²) in [5.41, 5.74) is -0.463. The number of para-hydroxylation sites is 1. The first-order valence-electron chi connectivity index (χ1n) is 8.20. The third-order valence-electron chi connectivity index (χ3n) is 4.15. The van der Waals surface area contributed by atoms with Gasteiger partial charge in [0.15, 0.2) is 0 Å². The van der Waals surface area contributed by atoms with Crippen molar-refractivity contribution >= 4 is 23.2 Å². The van der Waals surface area contributed by atoms with Gasteiger partial charge in [-0.25, -0.2) is 0 Å². The number of unbranched alkanes of at least 4 members (excludes halogenated alkanes) is 3. The minimum Gasteiger partial charge on any atom is -0.385 e. The molecule has 0 aromatic heterocycles. The van der Waals surface area contributed by atoms with Gasteiger partial charge in [-0.15, -0.1) is 0 Å². The Balaban J connectivity index is 2.08. The third kappa shape index (κ3) is 4.95. The molecule has 1 amide bonds. The summed E-state index contributed by atoms with van der Waals surface area (Å²) < 4.78 is 0. The number of amides is 1. The first-order chi connectivity index (χ1) is 11.0. The Bertz CT molecular complexity index is 582. The molecule has 2 rings (SSSR count). The molecule has 0 bridgehead atoms. The molecule has 1 aromatic rings. The van der Waals surface area contributed by atoms with Crippen molar-refractivity contribution in [2.24, 2.45) is 5.92 Å². The van der Waals surface area contributed by atoms with Crippen molar-refractivity contribution in [3.05, 3.63) is 53.6 Å². The lowest BCUT2D eigenvalue weighted by Gasteiger charge is -2.33. The van der Waals surface area contributed by atoms with Crippen molar-refractivity contribution in [3.63, 3.8) is 0 Å². The molecule has 0 spiro atoms. The molecule has 4 heteroatoms. The van der Waals surface area contributed by atoms with Gasteiger partial charge in [0.25, 0.3) is 0 Å². The predicted molar refractivity (Wildman–Crippen MR) is 95.3 cm³/mol. The number of rotatable bonds is 7. The van der Waals surface area contributed by atoms with Crippen molar-refractivity contribution in [1.29, 1.82) is 0 Å². The topological polar surface area (TPSA) is 49.3 Å². The molecule has 0 aliphatic heterocycles. The summed E-state index contributed by atoms with van der Waals surface area (Å²) in [6, 6.07) is 9.25. The van der Waals surface area contributed by atoms with Gasteiger partial charge in [0.2, 0.25) is 5.91 Å². The maximum Gasteiger partial charge on any atom is 0.234 e. The third-order valence-corrected chi connectivity index (χ3v) is 4.40. The Morgan fingerprint density at radius 2 is 2.00 bits per heavy atom. The van der Waals surface area contributed by atoms with E-state index in [0.717, 1.165) is 25.7 Å². The highest BCUT2D eigenvalue weighted by Gasteiger charge is 2.39. The normalized spacial score (nSPS) is 23.4. The number of carbonyl (C=O) groups excluding carboxylic acids is 1. The lowest BCUT2D eigenvalue weighted by molar-refractivity contribution is -0.124. The van der Waals surface area contributed by atoms with Gasteiger partial charge in [-0.1, -0.05) is 74.6 Å². The molecule has 2 N–H and O–H groups in total. The highest BCUT2D eigenvalue weighted by Crippen LogP contribution is 2.34. The van der Waals surface area contributed by atoms with Gasteiger partial charge in [0, 0.05) is 10.7 Å². The van der Waals surface area contributed by atoms with Crippen LogP contribution >= 0.6 is 11.6 Å². The van der Waals surface area contributed by atoms with Crippen LogP contribution in [0.4, 0.5) is 5.69 Å². The van der Waals surface area contributed by atoms with E-state index >= 15 is 0 Å². The molecule has 0 fully saturated rings. The Kier molecular flexibility index (Phi) is 6.43. The van der Waals surface area contributed by atoms with E-state index in [1.54, 1.807) is 18.2 Å². The molecule has 2 atom stereocenters. The molecule has 124 valence electrons. The van der Waals surface area contributed by atoms with Crippen LogP contribution in [0.3, 0.4) is 0 Å². The van der Waals surface area contributed by atoms with Gasteiger partial charge < -0.3 is 10.4 Å². The molecule has 1 aromatic carbocycles. The van der Waals surface area contributed by atoms with Crippen LogP contribution in [-0.4, -0.2) is 16.6 Å². The lowest BCUT2D eigenvalue weighted by Crippen LogP contribution is -2.43. The van der Waals surface area contributed by atoms with Crippen LogP contribution < -0.4 is 5.32 Å². The Morgan fingerprint density at radius 1 is 1.26 bits per heavy atom. The van der Waals surface area contributed by atoms with Gasteiger partial charge >= 0.3 is 0 Å². The van der Waals surface area contributed by atoms with Crippen LogP contribution in [0, 0.1) is 5.92 Å². The second-order valence-electron chi connectivity index (χ2n) is 6.02. The van der Waals surface area contributed by atoms with Crippen LogP contribution in [0.5, 0.6) is 0 Å². The van der Waals surface area contributed by atoms with Gasteiger partial charge in [0.05, 0.1) is 11.5 Å². The van der Waals surface area contributed by atoms with Gasteiger partial charge in [-0.2, -0.15) is 0 Å². The second-order valence-corrected chi connectivity index (χ2v) is 6.46. The molecule has 0 radical (unpaired) electrons. The number of carbonyl (C=O) groups is 1. The van der Waals surface area contributed by atoms with Crippen molar-refractivity contribution in [2.75, 3.05) is 5.32 Å². The zero-order valence-corrected chi connectivity index (χ0v) is 14.2. The average molecular weight is 334 g/mol. The SMILES string of the molecule is CCCCCCC1(O)C=CC(Cl)=CC1C(=O)Nc1ccccc1. The molecule has 3 nitrogen and oxygen atoms in total.